The van der Waals surface area contributed by atoms with Gasteiger partial charge in [0.05, 0.1) is 5.70 Å². The fourth-order valence-corrected chi connectivity index (χ4v) is 2.34. The van der Waals surface area contributed by atoms with E-state index in [1.165, 1.54) is 28.0 Å². The maximum Gasteiger partial charge on any atom is 0.0695 e. The molecule has 0 unspecified atom stereocenters. The van der Waals surface area contributed by atoms with Crippen molar-refractivity contribution < 1.29 is 0 Å². The second-order valence-corrected chi connectivity index (χ2v) is 5.16. The Morgan fingerprint density at radius 2 is 1.67 bits per heavy atom. The minimum absolute atomic E-state index is 1.10. The van der Waals surface area contributed by atoms with Crippen molar-refractivity contribution in [2.24, 2.45) is 4.99 Å². The van der Waals surface area contributed by atoms with Crippen LogP contribution in [-0.4, -0.2) is 5.71 Å². The van der Waals surface area contributed by atoms with Crippen LogP contribution in [0.5, 0.6) is 0 Å². The summed E-state index contributed by atoms with van der Waals surface area (Å²) in [6.45, 7) is 8.54. The first-order valence-electron chi connectivity index (χ1n) is 6.57. The Kier molecular flexibility index (Phi) is 3.81. The fraction of sp³-hybridized carbons (Fsp3) is 0.353. The summed E-state index contributed by atoms with van der Waals surface area (Å²) in [5.74, 6) is 0. The molecule has 1 nitrogen and oxygen atoms in total. The molecule has 18 heavy (non-hydrogen) atoms. The van der Waals surface area contributed by atoms with Crippen LogP contribution >= 0.6 is 0 Å². The van der Waals surface area contributed by atoms with Gasteiger partial charge in [0.2, 0.25) is 0 Å². The van der Waals surface area contributed by atoms with Crippen molar-refractivity contribution in [2.45, 2.75) is 40.5 Å². The molecule has 1 aliphatic rings. The minimum atomic E-state index is 1.10. The molecule has 0 aromatic heterocycles. The highest BCUT2D eigenvalue weighted by atomic mass is 14.8. The lowest BCUT2D eigenvalue weighted by molar-refractivity contribution is 0.928. The number of benzene rings is 1. The summed E-state index contributed by atoms with van der Waals surface area (Å²) in [4.78, 5) is 4.76. The molecule has 0 heterocycles. The summed E-state index contributed by atoms with van der Waals surface area (Å²) in [5, 5.41) is 0. The van der Waals surface area contributed by atoms with E-state index in [0.717, 1.165) is 18.6 Å². The Bertz CT molecular complexity index is 526. The van der Waals surface area contributed by atoms with Gasteiger partial charge in [-0.05, 0) is 57.2 Å². The molecule has 0 spiro atoms. The second kappa shape index (κ2) is 5.34. The van der Waals surface area contributed by atoms with Crippen LogP contribution in [0, 0.1) is 0 Å². The summed E-state index contributed by atoms with van der Waals surface area (Å²) in [7, 11) is 0. The average Bonchev–Trinajstić information content (AvgIpc) is 2.36. The van der Waals surface area contributed by atoms with Gasteiger partial charge in [0, 0.05) is 5.71 Å². The molecule has 1 heteroatoms. The molecule has 0 bridgehead atoms. The van der Waals surface area contributed by atoms with E-state index in [1.54, 1.807) is 0 Å². The molecule has 94 valence electrons. The van der Waals surface area contributed by atoms with Gasteiger partial charge in [-0.1, -0.05) is 35.9 Å². The number of nitrogens with zero attached hydrogens (tertiary/aromatic N) is 1. The van der Waals surface area contributed by atoms with Gasteiger partial charge < -0.3 is 0 Å². The first-order valence-corrected chi connectivity index (χ1v) is 6.57. The SMILES string of the molecule is CC(C)=NC1=C(c2ccccc2)CCC(C)=C1C. The zero-order valence-electron chi connectivity index (χ0n) is 11.7. The van der Waals surface area contributed by atoms with Gasteiger partial charge in [0.15, 0.2) is 0 Å². The topological polar surface area (TPSA) is 12.4 Å². The van der Waals surface area contributed by atoms with Crippen molar-refractivity contribution in [3.05, 3.63) is 52.7 Å². The highest BCUT2D eigenvalue weighted by molar-refractivity contribution is 5.84. The number of allylic oxidation sites excluding steroid dienone is 3. The molecular formula is C17H21N. The lowest BCUT2D eigenvalue weighted by atomic mass is 9.87. The van der Waals surface area contributed by atoms with Crippen LogP contribution in [-0.2, 0) is 0 Å². The third-order valence-electron chi connectivity index (χ3n) is 3.49. The first-order chi connectivity index (χ1) is 8.59. The summed E-state index contributed by atoms with van der Waals surface area (Å²) in [6, 6.07) is 10.6. The molecule has 1 aliphatic carbocycles. The zero-order chi connectivity index (χ0) is 13.1. The predicted octanol–water partition coefficient (Wildman–Crippen LogP) is 5.01. The molecular weight excluding hydrogens is 218 g/mol. The van der Waals surface area contributed by atoms with Crippen LogP contribution in [0.3, 0.4) is 0 Å². The van der Waals surface area contributed by atoms with E-state index >= 15 is 0 Å². The van der Waals surface area contributed by atoms with Gasteiger partial charge in [0.1, 0.15) is 0 Å². The summed E-state index contributed by atoms with van der Waals surface area (Å²) in [5.41, 5.74) is 7.82. The van der Waals surface area contributed by atoms with Crippen LogP contribution < -0.4 is 0 Å². The van der Waals surface area contributed by atoms with E-state index in [4.69, 9.17) is 4.99 Å². The highest BCUT2D eigenvalue weighted by Gasteiger charge is 2.17. The standard InChI is InChI=1S/C17H21N/c1-12(2)18-17-14(4)13(3)10-11-16(17)15-8-6-5-7-9-15/h5-9H,10-11H2,1-4H3. The maximum atomic E-state index is 4.76. The van der Waals surface area contributed by atoms with Gasteiger partial charge in [-0.3, -0.25) is 4.99 Å². The van der Waals surface area contributed by atoms with Crippen molar-refractivity contribution in [1.82, 2.24) is 0 Å². The second-order valence-electron chi connectivity index (χ2n) is 5.16. The minimum Gasteiger partial charge on any atom is -0.258 e. The Morgan fingerprint density at radius 1 is 1.00 bits per heavy atom. The predicted molar refractivity (Wildman–Crippen MR) is 79.8 cm³/mol. The summed E-state index contributed by atoms with van der Waals surface area (Å²) in [6.07, 6.45) is 2.25. The third-order valence-corrected chi connectivity index (χ3v) is 3.49. The van der Waals surface area contributed by atoms with Gasteiger partial charge in [-0.2, -0.15) is 0 Å². The fourth-order valence-electron chi connectivity index (χ4n) is 2.34. The van der Waals surface area contributed by atoms with Gasteiger partial charge in [0.25, 0.3) is 0 Å². The van der Waals surface area contributed by atoms with E-state index in [1.807, 2.05) is 0 Å². The van der Waals surface area contributed by atoms with Crippen molar-refractivity contribution in [2.75, 3.05) is 0 Å². The van der Waals surface area contributed by atoms with E-state index in [-0.39, 0.29) is 0 Å². The lowest BCUT2D eigenvalue weighted by Crippen LogP contribution is -2.02. The Balaban J connectivity index is 2.59. The van der Waals surface area contributed by atoms with Crippen LogP contribution in [0.4, 0.5) is 0 Å². The van der Waals surface area contributed by atoms with Crippen LogP contribution in [0.25, 0.3) is 5.57 Å². The smallest absolute Gasteiger partial charge is 0.0695 e. The van der Waals surface area contributed by atoms with Crippen molar-refractivity contribution in [3.8, 4) is 0 Å². The molecule has 2 rings (SSSR count). The lowest BCUT2D eigenvalue weighted by Gasteiger charge is -2.21. The molecule has 0 aliphatic heterocycles. The molecule has 0 saturated heterocycles. The Hall–Kier alpha value is -1.63. The van der Waals surface area contributed by atoms with E-state index in [2.05, 4.69) is 58.0 Å². The van der Waals surface area contributed by atoms with E-state index < -0.39 is 0 Å². The number of rotatable bonds is 2. The van der Waals surface area contributed by atoms with Crippen molar-refractivity contribution >= 4 is 11.3 Å². The van der Waals surface area contributed by atoms with Crippen LogP contribution in [0.1, 0.15) is 46.1 Å². The molecule has 0 fully saturated rings. The zero-order valence-corrected chi connectivity index (χ0v) is 11.7. The van der Waals surface area contributed by atoms with Crippen molar-refractivity contribution in [3.63, 3.8) is 0 Å². The summed E-state index contributed by atoms with van der Waals surface area (Å²) >= 11 is 0. The molecule has 0 radical (unpaired) electrons. The van der Waals surface area contributed by atoms with Crippen LogP contribution in [0.2, 0.25) is 0 Å². The van der Waals surface area contributed by atoms with Crippen LogP contribution in [0.15, 0.2) is 52.2 Å². The normalized spacial score (nSPS) is 16.0. The average molecular weight is 239 g/mol. The van der Waals surface area contributed by atoms with Gasteiger partial charge >= 0.3 is 0 Å². The van der Waals surface area contributed by atoms with Gasteiger partial charge in [-0.15, -0.1) is 0 Å². The molecule has 1 aromatic rings. The van der Waals surface area contributed by atoms with E-state index in [0.29, 0.717) is 0 Å². The molecule has 1 aromatic carbocycles. The largest absolute Gasteiger partial charge is 0.258 e. The van der Waals surface area contributed by atoms with E-state index in [9.17, 15) is 0 Å². The molecule has 0 saturated carbocycles. The van der Waals surface area contributed by atoms with Gasteiger partial charge in [-0.25, -0.2) is 0 Å². The maximum absolute atomic E-state index is 4.76. The third kappa shape index (κ3) is 2.61. The Morgan fingerprint density at radius 3 is 2.28 bits per heavy atom. The highest BCUT2D eigenvalue weighted by Crippen LogP contribution is 2.36. The van der Waals surface area contributed by atoms with Crippen molar-refractivity contribution in [1.29, 1.82) is 0 Å². The molecule has 0 N–H and O–H groups in total. The quantitative estimate of drug-likeness (QED) is 0.643. The molecule has 0 amide bonds. The number of hydrogen-bond acceptors (Lipinski definition) is 1. The summed E-state index contributed by atoms with van der Waals surface area (Å²) < 4.78 is 0. The number of hydrogen-bond donors (Lipinski definition) is 0. The number of aliphatic imine (C=N–C) groups is 1. The first kappa shape index (κ1) is 12.8. The Labute approximate surface area is 110 Å². The monoisotopic (exact) mass is 239 g/mol. The molecule has 0 atom stereocenters.